The monoisotopic (exact) mass is 1240 g/mol. The molecule has 0 aromatic rings. The minimum absolute atomic E-state index is 0.180. The number of nitrogens with zero attached hydrogens (tertiary/aromatic N) is 1. The molecule has 0 bridgehead atoms. The van der Waals surface area contributed by atoms with E-state index in [1.807, 2.05) is 21.1 Å². The summed E-state index contributed by atoms with van der Waals surface area (Å²) in [5.41, 5.74) is 0. The number of quaternary nitrogens is 1. The van der Waals surface area contributed by atoms with Crippen LogP contribution in [0.2, 0.25) is 0 Å². The van der Waals surface area contributed by atoms with Gasteiger partial charge in [-0.15, -0.1) is 0 Å². The second-order valence-electron chi connectivity index (χ2n) is 24.8. The average Bonchev–Trinajstić information content (AvgIpc) is 3.64. The van der Waals surface area contributed by atoms with Gasteiger partial charge in [-0.1, -0.05) is 301 Å². The molecule has 0 rings (SSSR count). The molecule has 0 spiro atoms. The quantitative estimate of drug-likeness (QED) is 0.0211. The normalized spacial score (nSPS) is 13.6. The maximum Gasteiger partial charge on any atom is 0.361 e. The van der Waals surface area contributed by atoms with Gasteiger partial charge in [0, 0.05) is 12.8 Å². The molecule has 0 heterocycles. The first-order valence-electron chi connectivity index (χ1n) is 36.0. The average molecular weight is 1240 g/mol. The van der Waals surface area contributed by atoms with Gasteiger partial charge in [0.25, 0.3) is 6.29 Å². The van der Waals surface area contributed by atoms with Crippen LogP contribution in [0.15, 0.2) is 146 Å². The second-order valence-corrected chi connectivity index (χ2v) is 24.8. The molecule has 0 amide bonds. The lowest BCUT2D eigenvalue weighted by atomic mass is 10.0. The third-order valence-electron chi connectivity index (χ3n) is 15.1. The number of hydrogen-bond acceptors (Lipinski definition) is 7. The molecule has 0 aromatic heterocycles. The molecule has 506 valence electrons. The Hall–Kier alpha value is -4.83. The molecular formula is C80H134NO8+. The fourth-order valence-electron chi connectivity index (χ4n) is 9.67. The number of likely N-dealkylation sites (N-methyl/N-ethyl adjacent to an activating group) is 1. The van der Waals surface area contributed by atoms with Gasteiger partial charge in [0.15, 0.2) is 6.10 Å². The van der Waals surface area contributed by atoms with Crippen LogP contribution in [0.4, 0.5) is 0 Å². The predicted molar refractivity (Wildman–Crippen MR) is 382 cm³/mol. The third kappa shape index (κ3) is 70.5. The van der Waals surface area contributed by atoms with Crippen LogP contribution < -0.4 is 0 Å². The molecule has 0 aliphatic heterocycles. The van der Waals surface area contributed by atoms with Crippen LogP contribution in [0.5, 0.6) is 0 Å². The number of carboxylic acids is 1. The highest BCUT2D eigenvalue weighted by Gasteiger charge is 2.25. The number of aliphatic carboxylic acids is 1. The zero-order chi connectivity index (χ0) is 64.7. The van der Waals surface area contributed by atoms with E-state index in [-0.39, 0.29) is 32.2 Å². The Morgan fingerprint density at radius 2 is 0.607 bits per heavy atom. The number of ether oxygens (including phenoxy) is 4. The zero-order valence-corrected chi connectivity index (χ0v) is 57.8. The van der Waals surface area contributed by atoms with Crippen molar-refractivity contribution >= 4 is 17.9 Å². The van der Waals surface area contributed by atoms with Crippen molar-refractivity contribution in [1.29, 1.82) is 0 Å². The Bertz CT molecular complexity index is 1970. The van der Waals surface area contributed by atoms with Crippen LogP contribution >= 0.6 is 0 Å². The summed E-state index contributed by atoms with van der Waals surface area (Å²) in [4.78, 5) is 37.7. The van der Waals surface area contributed by atoms with E-state index in [1.54, 1.807) is 0 Å². The SMILES string of the molecule is CC/C=C\C/C=C\C/C=C\C/C=C\C/C=C\C/C=C\C/C=C\CCCCCCCCCCCC(=O)OC(COC(=O)CCCCCCCCCCCCCCCCCCC/C=C\C/C=C\C/C=C\C/C=C\C/C=C\CC)COC(OCC[N+](C)(C)C)C(=O)O. The van der Waals surface area contributed by atoms with Gasteiger partial charge in [-0.2, -0.15) is 0 Å². The van der Waals surface area contributed by atoms with E-state index in [9.17, 15) is 19.5 Å². The van der Waals surface area contributed by atoms with Crippen molar-refractivity contribution in [2.75, 3.05) is 47.5 Å². The Balaban J connectivity index is 4.14. The van der Waals surface area contributed by atoms with Gasteiger partial charge in [0.1, 0.15) is 13.2 Å². The Labute approximate surface area is 547 Å². The molecule has 0 fully saturated rings. The van der Waals surface area contributed by atoms with Crippen LogP contribution in [-0.2, 0) is 33.3 Å². The number of allylic oxidation sites excluding steroid dienone is 24. The van der Waals surface area contributed by atoms with Crippen molar-refractivity contribution in [3.05, 3.63) is 146 Å². The van der Waals surface area contributed by atoms with Gasteiger partial charge in [-0.05, 0) is 116 Å². The van der Waals surface area contributed by atoms with E-state index in [0.29, 0.717) is 23.9 Å². The topological polar surface area (TPSA) is 108 Å². The maximum absolute atomic E-state index is 13.0. The van der Waals surface area contributed by atoms with Crippen molar-refractivity contribution in [3.63, 3.8) is 0 Å². The van der Waals surface area contributed by atoms with E-state index in [0.717, 1.165) is 122 Å². The molecule has 9 nitrogen and oxygen atoms in total. The fourth-order valence-corrected chi connectivity index (χ4v) is 9.67. The van der Waals surface area contributed by atoms with E-state index in [2.05, 4.69) is 160 Å². The lowest BCUT2D eigenvalue weighted by molar-refractivity contribution is -0.870. The number of unbranched alkanes of at least 4 members (excludes halogenated alkanes) is 26. The molecule has 0 aliphatic carbocycles. The summed E-state index contributed by atoms with van der Waals surface area (Å²) in [7, 11) is 5.97. The van der Waals surface area contributed by atoms with Crippen molar-refractivity contribution in [2.45, 2.75) is 296 Å². The highest BCUT2D eigenvalue weighted by molar-refractivity contribution is 5.71. The number of rotatable bonds is 65. The first kappa shape index (κ1) is 84.2. The van der Waals surface area contributed by atoms with Crippen LogP contribution in [0, 0.1) is 0 Å². The van der Waals surface area contributed by atoms with E-state index >= 15 is 0 Å². The summed E-state index contributed by atoms with van der Waals surface area (Å²) >= 11 is 0. The highest BCUT2D eigenvalue weighted by atomic mass is 16.7. The Morgan fingerprint density at radius 1 is 0.337 bits per heavy atom. The van der Waals surface area contributed by atoms with Crippen molar-refractivity contribution in [3.8, 4) is 0 Å². The Morgan fingerprint density at radius 3 is 0.899 bits per heavy atom. The summed E-state index contributed by atoms with van der Waals surface area (Å²) in [6.45, 7) is 4.65. The lowest BCUT2D eigenvalue weighted by Gasteiger charge is -2.25. The standard InChI is InChI=1S/C80H133NO8/c1-6-8-10-12-14-16-18-20-22-24-26-28-30-32-34-36-38-39-41-42-44-46-48-50-52-54-56-58-60-62-64-66-68-70-77(82)87-74-76(75-88-80(79(84)85)86-73-72-81(3,4)5)89-78(83)71-69-67-65-63-61-59-57-55-53-51-49-47-45-43-40-37-35-33-31-29-27-25-23-21-19-17-15-13-11-9-7-2/h8-11,14-17,20-23,26-29,32-35,40,43,47,49,76,80H,6-7,12-13,18-19,24-25,30-31,36-39,41-42,44-46,48,50-75H2,1-5H3/p+1/b10-8-,11-9-,16-14-,17-15-,22-20-,23-21-,28-26-,29-27-,34-32-,35-33-,43-40-,49-47-. The van der Waals surface area contributed by atoms with E-state index in [4.69, 9.17) is 18.9 Å². The lowest BCUT2D eigenvalue weighted by Crippen LogP contribution is -2.40. The smallest absolute Gasteiger partial charge is 0.361 e. The van der Waals surface area contributed by atoms with Crippen LogP contribution in [-0.4, -0.2) is 87.4 Å². The summed E-state index contributed by atoms with van der Waals surface area (Å²) in [5.74, 6) is -2.02. The van der Waals surface area contributed by atoms with Gasteiger partial charge in [-0.3, -0.25) is 9.59 Å². The number of esters is 2. The van der Waals surface area contributed by atoms with Gasteiger partial charge in [0.05, 0.1) is 34.4 Å². The fraction of sp³-hybridized carbons (Fsp3) is 0.662. The molecule has 2 unspecified atom stereocenters. The molecule has 0 radical (unpaired) electrons. The minimum atomic E-state index is -1.52. The zero-order valence-electron chi connectivity index (χ0n) is 57.8. The predicted octanol–water partition coefficient (Wildman–Crippen LogP) is 22.7. The van der Waals surface area contributed by atoms with Crippen LogP contribution in [0.25, 0.3) is 0 Å². The minimum Gasteiger partial charge on any atom is -0.477 e. The first-order chi connectivity index (χ1) is 43.6. The van der Waals surface area contributed by atoms with E-state index in [1.165, 1.54) is 128 Å². The second kappa shape index (κ2) is 69.1. The van der Waals surface area contributed by atoms with Crippen molar-refractivity contribution < 1.29 is 42.9 Å². The molecule has 9 heteroatoms. The highest BCUT2D eigenvalue weighted by Crippen LogP contribution is 2.17. The third-order valence-corrected chi connectivity index (χ3v) is 15.1. The van der Waals surface area contributed by atoms with Crippen LogP contribution in [0.3, 0.4) is 0 Å². The first-order valence-corrected chi connectivity index (χ1v) is 36.0. The van der Waals surface area contributed by atoms with Crippen molar-refractivity contribution in [1.82, 2.24) is 0 Å². The van der Waals surface area contributed by atoms with E-state index < -0.39 is 24.3 Å². The van der Waals surface area contributed by atoms with Gasteiger partial charge in [-0.25, -0.2) is 4.79 Å². The van der Waals surface area contributed by atoms with Gasteiger partial charge >= 0.3 is 17.9 Å². The summed E-state index contributed by atoms with van der Waals surface area (Å²) in [6.07, 6.45) is 98.1. The number of carbonyl (C=O) groups is 3. The molecule has 1 N–H and O–H groups in total. The molecule has 0 aliphatic rings. The number of carboxylic acid groups (broad SMARTS) is 1. The molecule has 0 saturated heterocycles. The molecule has 0 saturated carbocycles. The molecular weight excluding hydrogens is 1100 g/mol. The maximum atomic E-state index is 13.0. The summed E-state index contributed by atoms with van der Waals surface area (Å²) in [5, 5.41) is 9.76. The molecule has 89 heavy (non-hydrogen) atoms. The van der Waals surface area contributed by atoms with Gasteiger partial charge < -0.3 is 28.5 Å². The summed E-state index contributed by atoms with van der Waals surface area (Å²) in [6, 6.07) is 0. The Kier molecular flexibility index (Phi) is 65.3. The molecule has 0 aromatic carbocycles. The van der Waals surface area contributed by atoms with Crippen molar-refractivity contribution in [2.24, 2.45) is 0 Å². The number of hydrogen-bond donors (Lipinski definition) is 1. The summed E-state index contributed by atoms with van der Waals surface area (Å²) < 4.78 is 23.0. The van der Waals surface area contributed by atoms with Gasteiger partial charge in [0.2, 0.25) is 0 Å². The largest absolute Gasteiger partial charge is 0.477 e. The number of carbonyl (C=O) groups excluding carboxylic acids is 2. The van der Waals surface area contributed by atoms with Crippen LogP contribution in [0.1, 0.15) is 284 Å². The molecule has 2 atom stereocenters.